The van der Waals surface area contributed by atoms with Crippen LogP contribution in [0.3, 0.4) is 0 Å². The number of allylic oxidation sites excluding steroid dienone is 2. The first kappa shape index (κ1) is 79.9. The number of amides is 1. The lowest BCUT2D eigenvalue weighted by molar-refractivity contribution is -0.303. The minimum absolute atomic E-state index is 0.260. The van der Waals surface area contributed by atoms with E-state index in [1.165, 1.54) is 302 Å². The average Bonchev–Trinajstić information content (AvgIpc) is 3.68. The summed E-state index contributed by atoms with van der Waals surface area (Å²) in [6, 6.07) is -1.18. The highest BCUT2D eigenvalue weighted by Crippen LogP contribution is 2.24. The van der Waals surface area contributed by atoms with Crippen LogP contribution in [0.4, 0.5) is 0 Å². The summed E-state index contributed by atoms with van der Waals surface area (Å²) in [5.74, 6) is -0.697. The summed E-state index contributed by atoms with van der Waals surface area (Å²) in [4.78, 5) is 13.3. The van der Waals surface area contributed by atoms with Gasteiger partial charge in [0.15, 0.2) is 6.29 Å². The van der Waals surface area contributed by atoms with Crippen molar-refractivity contribution in [2.45, 2.75) is 428 Å². The molecule has 494 valence electrons. The maximum atomic E-state index is 13.3. The van der Waals surface area contributed by atoms with Crippen LogP contribution in [-0.2, 0) is 14.3 Å². The van der Waals surface area contributed by atoms with Crippen LogP contribution in [0.5, 0.6) is 0 Å². The van der Waals surface area contributed by atoms with Gasteiger partial charge >= 0.3 is 0 Å². The second kappa shape index (κ2) is 61.1. The second-order valence-corrected chi connectivity index (χ2v) is 26.0. The van der Waals surface area contributed by atoms with Crippen LogP contribution in [0.15, 0.2) is 12.2 Å². The first-order chi connectivity index (χ1) is 40.7. The Morgan fingerprint density at radius 1 is 0.410 bits per heavy atom. The van der Waals surface area contributed by atoms with Gasteiger partial charge in [-0.3, -0.25) is 4.79 Å². The van der Waals surface area contributed by atoms with E-state index in [-0.39, 0.29) is 12.8 Å². The molecule has 83 heavy (non-hydrogen) atoms. The summed E-state index contributed by atoms with van der Waals surface area (Å²) in [7, 11) is 0. The third-order valence-electron chi connectivity index (χ3n) is 18.1. The first-order valence-electron chi connectivity index (χ1n) is 36.6. The largest absolute Gasteiger partial charge is 0.394 e. The molecule has 0 aromatic carbocycles. The molecule has 0 saturated carbocycles. The molecule has 0 bridgehead atoms. The van der Waals surface area contributed by atoms with Crippen LogP contribution < -0.4 is 5.32 Å². The molecular formula is C72H141NO10. The molecule has 9 atom stereocenters. The van der Waals surface area contributed by atoms with E-state index in [1.807, 2.05) is 0 Å². The van der Waals surface area contributed by atoms with Gasteiger partial charge in [0.25, 0.3) is 0 Å². The van der Waals surface area contributed by atoms with Gasteiger partial charge < -0.3 is 50.5 Å². The van der Waals surface area contributed by atoms with E-state index in [1.54, 1.807) is 0 Å². The van der Waals surface area contributed by atoms with Crippen molar-refractivity contribution in [1.29, 1.82) is 0 Å². The van der Waals surface area contributed by atoms with Gasteiger partial charge in [-0.15, -0.1) is 0 Å². The highest BCUT2D eigenvalue weighted by Gasteiger charge is 2.44. The summed E-state index contributed by atoms with van der Waals surface area (Å²) >= 11 is 0. The number of aliphatic hydroxyl groups is 7. The fraction of sp³-hybridized carbons (Fsp3) is 0.958. The Hall–Kier alpha value is -1.15. The minimum Gasteiger partial charge on any atom is -0.394 e. The summed E-state index contributed by atoms with van der Waals surface area (Å²) in [6.07, 6.45) is 64.5. The summed E-state index contributed by atoms with van der Waals surface area (Å²) in [5, 5.41) is 76.6. The Balaban J connectivity index is 2.19. The molecule has 0 aliphatic carbocycles. The summed E-state index contributed by atoms with van der Waals surface area (Å²) < 4.78 is 11.2. The van der Waals surface area contributed by atoms with Crippen molar-refractivity contribution in [3.8, 4) is 0 Å². The predicted octanol–water partition coefficient (Wildman–Crippen LogP) is 17.8. The van der Waals surface area contributed by atoms with E-state index >= 15 is 0 Å². The fourth-order valence-electron chi connectivity index (χ4n) is 12.2. The van der Waals surface area contributed by atoms with Crippen molar-refractivity contribution < 1.29 is 50.0 Å². The number of carbonyl (C=O) groups excluding carboxylic acids is 1. The molecule has 1 amide bonds. The van der Waals surface area contributed by atoms with Crippen molar-refractivity contribution in [3.63, 3.8) is 0 Å². The third kappa shape index (κ3) is 48.5. The molecule has 1 rings (SSSR count). The molecule has 0 aromatic heterocycles. The standard InChI is InChI=1S/C72H141NO10/c1-3-5-7-9-11-13-15-17-19-21-23-25-27-29-31-32-33-34-36-37-39-41-43-45-47-49-51-53-55-57-59-64(75)67(77)63(62-82-72-70(80)69(79)68(78)66(61-74)83-72)73-71(81)65(76)60-58-56-54-52-50-48-46-44-42-40-38-35-30-28-26-24-22-20-18-16-14-12-10-8-6-4-2/h51,53,63-70,72,74-80H,3-50,52,54-62H2,1-2H3,(H,73,81)/b53-51+. The number of hydrogen-bond donors (Lipinski definition) is 8. The van der Waals surface area contributed by atoms with Gasteiger partial charge in [-0.2, -0.15) is 0 Å². The third-order valence-corrected chi connectivity index (χ3v) is 18.1. The second-order valence-electron chi connectivity index (χ2n) is 26.0. The smallest absolute Gasteiger partial charge is 0.249 e. The summed E-state index contributed by atoms with van der Waals surface area (Å²) in [5.41, 5.74) is 0. The fourth-order valence-corrected chi connectivity index (χ4v) is 12.2. The van der Waals surface area contributed by atoms with Crippen LogP contribution in [0, 0.1) is 0 Å². The SMILES string of the molecule is CCCCCCCCCCCCCCCCCCCCCCCCCCC/C=C/CCCC(O)C(O)C(COC1OC(CO)C(O)C(O)C1O)NC(=O)C(O)CCCCCCCCCCCCCCCCCCCCCCCCCCCC. The minimum atomic E-state index is -1.67. The van der Waals surface area contributed by atoms with Gasteiger partial charge in [0.2, 0.25) is 5.91 Å². The zero-order valence-electron chi connectivity index (χ0n) is 54.7. The maximum absolute atomic E-state index is 13.3. The van der Waals surface area contributed by atoms with Crippen LogP contribution in [-0.4, -0.2) is 110 Å². The molecule has 11 heteroatoms. The number of unbranched alkanes of at least 4 members (excludes halogenated alkanes) is 51. The normalized spacial score (nSPS) is 19.0. The topological polar surface area (TPSA) is 189 Å². The van der Waals surface area contributed by atoms with Gasteiger partial charge in [0, 0.05) is 0 Å². The van der Waals surface area contributed by atoms with Gasteiger partial charge in [-0.05, 0) is 38.5 Å². The molecular weight excluding hydrogens is 1040 g/mol. The van der Waals surface area contributed by atoms with Crippen molar-refractivity contribution in [2.24, 2.45) is 0 Å². The average molecular weight is 1180 g/mol. The lowest BCUT2D eigenvalue weighted by Crippen LogP contribution is -2.60. The number of rotatable bonds is 65. The molecule has 1 saturated heterocycles. The number of nitrogens with one attached hydrogen (secondary N) is 1. The number of hydrogen-bond acceptors (Lipinski definition) is 10. The van der Waals surface area contributed by atoms with Gasteiger partial charge in [0.1, 0.15) is 36.6 Å². The van der Waals surface area contributed by atoms with Crippen LogP contribution in [0.2, 0.25) is 0 Å². The maximum Gasteiger partial charge on any atom is 0.249 e. The predicted molar refractivity (Wildman–Crippen MR) is 349 cm³/mol. The highest BCUT2D eigenvalue weighted by molar-refractivity contribution is 5.80. The van der Waals surface area contributed by atoms with E-state index in [4.69, 9.17) is 9.47 Å². The molecule has 0 spiro atoms. The molecule has 1 fully saturated rings. The van der Waals surface area contributed by atoms with E-state index in [0.717, 1.165) is 32.1 Å². The van der Waals surface area contributed by atoms with E-state index in [9.17, 15) is 40.5 Å². The molecule has 0 radical (unpaired) electrons. The molecule has 8 N–H and O–H groups in total. The number of ether oxygens (including phenoxy) is 2. The number of carbonyl (C=O) groups is 1. The van der Waals surface area contributed by atoms with Crippen molar-refractivity contribution >= 4 is 5.91 Å². The Morgan fingerprint density at radius 2 is 0.711 bits per heavy atom. The Kier molecular flexibility index (Phi) is 58.8. The molecule has 9 unspecified atom stereocenters. The van der Waals surface area contributed by atoms with E-state index < -0.39 is 74.2 Å². The molecule has 1 heterocycles. The zero-order valence-corrected chi connectivity index (χ0v) is 54.7. The Labute approximate surface area is 512 Å². The summed E-state index contributed by atoms with van der Waals surface area (Å²) in [6.45, 7) is 3.51. The van der Waals surface area contributed by atoms with Crippen molar-refractivity contribution in [1.82, 2.24) is 5.32 Å². The van der Waals surface area contributed by atoms with E-state index in [2.05, 4.69) is 31.3 Å². The molecule has 11 nitrogen and oxygen atoms in total. The van der Waals surface area contributed by atoms with E-state index in [0.29, 0.717) is 12.8 Å². The Bertz CT molecular complexity index is 1350. The van der Waals surface area contributed by atoms with Crippen molar-refractivity contribution in [2.75, 3.05) is 13.2 Å². The van der Waals surface area contributed by atoms with Gasteiger partial charge in [-0.25, -0.2) is 0 Å². The zero-order chi connectivity index (χ0) is 60.3. The van der Waals surface area contributed by atoms with Crippen LogP contribution >= 0.6 is 0 Å². The van der Waals surface area contributed by atoms with Crippen molar-refractivity contribution in [3.05, 3.63) is 12.2 Å². The lowest BCUT2D eigenvalue weighted by atomic mass is 9.98. The van der Waals surface area contributed by atoms with Gasteiger partial charge in [-0.1, -0.05) is 347 Å². The van der Waals surface area contributed by atoms with Crippen LogP contribution in [0.25, 0.3) is 0 Å². The quantitative estimate of drug-likeness (QED) is 0.0215. The van der Waals surface area contributed by atoms with Gasteiger partial charge in [0.05, 0.1) is 25.4 Å². The number of aliphatic hydroxyl groups excluding tert-OH is 7. The monoisotopic (exact) mass is 1180 g/mol. The lowest BCUT2D eigenvalue weighted by Gasteiger charge is -2.40. The Morgan fingerprint density at radius 3 is 1.04 bits per heavy atom. The highest BCUT2D eigenvalue weighted by atomic mass is 16.7. The van der Waals surface area contributed by atoms with Crippen LogP contribution in [0.1, 0.15) is 373 Å². The molecule has 1 aliphatic heterocycles. The first-order valence-corrected chi connectivity index (χ1v) is 36.6. The molecule has 0 aromatic rings. The molecule has 1 aliphatic rings.